The van der Waals surface area contributed by atoms with Gasteiger partial charge >= 0.3 is 11.8 Å². The summed E-state index contributed by atoms with van der Waals surface area (Å²) in [6.45, 7) is 3.92. The summed E-state index contributed by atoms with van der Waals surface area (Å²) in [5.74, 6) is -0.788. The number of nitrogens with one attached hydrogen (secondary N) is 2. The molecule has 0 unspecified atom stereocenters. The number of aryl methyl sites for hydroxylation is 2. The zero-order valence-corrected chi connectivity index (χ0v) is 19.3. The minimum Gasteiger partial charge on any atom is -0.493 e. The van der Waals surface area contributed by atoms with Gasteiger partial charge in [0.2, 0.25) is 0 Å². The fourth-order valence-electron chi connectivity index (χ4n) is 3.11. The molecule has 0 bridgehead atoms. The lowest BCUT2D eigenvalue weighted by atomic mass is 10.1. The Morgan fingerprint density at radius 2 is 1.67 bits per heavy atom. The molecule has 3 aromatic carbocycles. The zero-order valence-electron chi connectivity index (χ0n) is 18.5. The summed E-state index contributed by atoms with van der Waals surface area (Å²) in [5.41, 5.74) is 5.92. The highest BCUT2D eigenvalue weighted by Gasteiger charge is 2.16. The minimum absolute atomic E-state index is 0.214. The third-order valence-electron chi connectivity index (χ3n) is 4.85. The van der Waals surface area contributed by atoms with Crippen LogP contribution in [0.25, 0.3) is 0 Å². The van der Waals surface area contributed by atoms with Crippen molar-refractivity contribution in [3.8, 4) is 11.5 Å². The molecule has 0 saturated carbocycles. The van der Waals surface area contributed by atoms with Crippen LogP contribution in [0.5, 0.6) is 11.5 Å². The molecule has 3 rings (SSSR count). The molecule has 2 amide bonds. The number of carbonyl (C=O) groups excluding carboxylic acids is 2. The number of hydrazone groups is 1. The van der Waals surface area contributed by atoms with Gasteiger partial charge in [-0.15, -0.1) is 0 Å². The molecule has 0 atom stereocenters. The number of nitrogens with zero attached hydrogens (tertiary/aromatic N) is 1. The maximum absolute atomic E-state index is 12.3. The first-order chi connectivity index (χ1) is 15.9. The van der Waals surface area contributed by atoms with E-state index in [2.05, 4.69) is 15.8 Å². The van der Waals surface area contributed by atoms with Gasteiger partial charge in [0.1, 0.15) is 6.61 Å². The monoisotopic (exact) mass is 465 g/mol. The Hall–Kier alpha value is -3.84. The third kappa shape index (κ3) is 6.11. The van der Waals surface area contributed by atoms with Crippen LogP contribution in [0.4, 0.5) is 5.69 Å². The number of carbonyl (C=O) groups is 2. The molecule has 0 spiro atoms. The summed E-state index contributed by atoms with van der Waals surface area (Å²) in [6, 6.07) is 18.2. The predicted octanol–water partition coefficient (Wildman–Crippen LogP) is 4.63. The molecule has 3 aromatic rings. The molecule has 8 heteroatoms. The number of halogens is 1. The van der Waals surface area contributed by atoms with Gasteiger partial charge in [-0.25, -0.2) is 5.43 Å². The zero-order chi connectivity index (χ0) is 23.8. The van der Waals surface area contributed by atoms with Crippen LogP contribution in [0.1, 0.15) is 22.3 Å². The second-order valence-electron chi connectivity index (χ2n) is 7.18. The van der Waals surface area contributed by atoms with Crippen LogP contribution in [-0.4, -0.2) is 25.1 Å². The lowest BCUT2D eigenvalue weighted by Gasteiger charge is -2.14. The van der Waals surface area contributed by atoms with E-state index >= 15 is 0 Å². The van der Waals surface area contributed by atoms with Crippen molar-refractivity contribution in [2.24, 2.45) is 5.10 Å². The lowest BCUT2D eigenvalue weighted by Crippen LogP contribution is -2.32. The standard InChI is InChI=1S/C25H24ClN3O4/c1-16-8-6-9-17(2)22(16)28-24(30)25(31)29-27-14-18-11-7-13-21(32-3)23(18)33-15-19-10-4-5-12-20(19)26/h4-14H,15H2,1-3H3,(H,28,30)(H,29,31)/b27-14-. The molecular weight excluding hydrogens is 442 g/mol. The Morgan fingerprint density at radius 1 is 0.970 bits per heavy atom. The fraction of sp³-hybridized carbons (Fsp3) is 0.160. The van der Waals surface area contributed by atoms with Crippen molar-refractivity contribution in [3.63, 3.8) is 0 Å². The van der Waals surface area contributed by atoms with Gasteiger partial charge in [-0.2, -0.15) is 5.10 Å². The van der Waals surface area contributed by atoms with E-state index in [1.165, 1.54) is 13.3 Å². The van der Waals surface area contributed by atoms with E-state index in [1.54, 1.807) is 24.3 Å². The highest BCUT2D eigenvalue weighted by Crippen LogP contribution is 2.31. The van der Waals surface area contributed by atoms with Crippen LogP contribution >= 0.6 is 11.6 Å². The molecule has 0 saturated heterocycles. The van der Waals surface area contributed by atoms with Gasteiger partial charge in [-0.1, -0.05) is 54.1 Å². The Balaban J connectivity index is 1.69. The molecule has 0 aliphatic heterocycles. The van der Waals surface area contributed by atoms with E-state index in [-0.39, 0.29) is 6.61 Å². The van der Waals surface area contributed by atoms with Crippen molar-refractivity contribution < 1.29 is 19.1 Å². The highest BCUT2D eigenvalue weighted by atomic mass is 35.5. The number of rotatable bonds is 7. The molecule has 170 valence electrons. The fourth-order valence-corrected chi connectivity index (χ4v) is 3.30. The molecule has 0 radical (unpaired) electrons. The van der Waals surface area contributed by atoms with Gasteiger partial charge in [0.05, 0.1) is 13.3 Å². The maximum atomic E-state index is 12.3. The van der Waals surface area contributed by atoms with Crippen molar-refractivity contribution in [1.82, 2.24) is 5.43 Å². The average molecular weight is 466 g/mol. The number of benzene rings is 3. The van der Waals surface area contributed by atoms with E-state index in [1.807, 2.05) is 50.2 Å². The molecule has 0 aliphatic carbocycles. The first-order valence-corrected chi connectivity index (χ1v) is 10.5. The normalized spacial score (nSPS) is 10.7. The van der Waals surface area contributed by atoms with Crippen LogP contribution in [0.15, 0.2) is 65.8 Å². The van der Waals surface area contributed by atoms with E-state index in [0.717, 1.165) is 16.7 Å². The molecule has 0 fully saturated rings. The summed E-state index contributed by atoms with van der Waals surface area (Å²) in [4.78, 5) is 24.5. The quantitative estimate of drug-likeness (QED) is 0.302. The Kier molecular flexibility index (Phi) is 8.05. The third-order valence-corrected chi connectivity index (χ3v) is 5.22. The molecule has 33 heavy (non-hydrogen) atoms. The van der Waals surface area contributed by atoms with Crippen molar-refractivity contribution in [2.75, 3.05) is 12.4 Å². The van der Waals surface area contributed by atoms with E-state index < -0.39 is 11.8 Å². The second-order valence-corrected chi connectivity index (χ2v) is 7.59. The average Bonchev–Trinajstić information content (AvgIpc) is 2.81. The molecule has 2 N–H and O–H groups in total. The van der Waals surface area contributed by atoms with Crippen LogP contribution in [-0.2, 0) is 16.2 Å². The number of ether oxygens (including phenoxy) is 2. The first kappa shape index (κ1) is 23.8. The lowest BCUT2D eigenvalue weighted by molar-refractivity contribution is -0.136. The van der Waals surface area contributed by atoms with Crippen molar-refractivity contribution in [1.29, 1.82) is 0 Å². The van der Waals surface area contributed by atoms with Gasteiger partial charge in [0.15, 0.2) is 11.5 Å². The number of methoxy groups -OCH3 is 1. The SMILES string of the molecule is COc1cccc(/C=N\NC(=O)C(=O)Nc2c(C)cccc2C)c1OCc1ccccc1Cl. The van der Waals surface area contributed by atoms with Crippen molar-refractivity contribution in [2.45, 2.75) is 20.5 Å². The van der Waals surface area contributed by atoms with Gasteiger partial charge < -0.3 is 14.8 Å². The first-order valence-electron chi connectivity index (χ1n) is 10.1. The summed E-state index contributed by atoms with van der Waals surface area (Å²) in [6.07, 6.45) is 1.38. The Labute approximate surface area is 197 Å². The van der Waals surface area contributed by atoms with Crippen molar-refractivity contribution in [3.05, 3.63) is 87.9 Å². The van der Waals surface area contributed by atoms with Gasteiger partial charge in [-0.3, -0.25) is 9.59 Å². The topological polar surface area (TPSA) is 89.0 Å². The summed E-state index contributed by atoms with van der Waals surface area (Å²) in [7, 11) is 1.53. The molecule has 7 nitrogen and oxygen atoms in total. The molecule has 0 aromatic heterocycles. The number of hydrogen-bond donors (Lipinski definition) is 2. The van der Waals surface area contributed by atoms with Crippen molar-refractivity contribution >= 4 is 35.3 Å². The van der Waals surface area contributed by atoms with E-state index in [9.17, 15) is 9.59 Å². The van der Waals surface area contributed by atoms with Crippen LogP contribution in [0.3, 0.4) is 0 Å². The smallest absolute Gasteiger partial charge is 0.329 e. The van der Waals surface area contributed by atoms with E-state index in [0.29, 0.717) is 27.8 Å². The summed E-state index contributed by atoms with van der Waals surface area (Å²) >= 11 is 6.21. The predicted molar refractivity (Wildman–Crippen MR) is 129 cm³/mol. The second kappa shape index (κ2) is 11.2. The van der Waals surface area contributed by atoms with Gasteiger partial charge in [-0.05, 0) is 43.2 Å². The molecule has 0 aliphatic rings. The molecule has 0 heterocycles. The Morgan fingerprint density at radius 3 is 2.36 bits per heavy atom. The molecular formula is C25H24ClN3O4. The number of hydrogen-bond acceptors (Lipinski definition) is 5. The summed E-state index contributed by atoms with van der Waals surface area (Å²) in [5, 5.41) is 7.12. The van der Waals surface area contributed by atoms with E-state index in [4.69, 9.17) is 21.1 Å². The number of anilines is 1. The number of para-hydroxylation sites is 2. The minimum atomic E-state index is -0.893. The van der Waals surface area contributed by atoms with Gasteiger partial charge in [0, 0.05) is 21.8 Å². The van der Waals surface area contributed by atoms with Crippen LogP contribution in [0, 0.1) is 13.8 Å². The largest absolute Gasteiger partial charge is 0.493 e. The number of amides is 2. The Bertz CT molecular complexity index is 1170. The summed E-state index contributed by atoms with van der Waals surface area (Å²) < 4.78 is 11.3. The van der Waals surface area contributed by atoms with Gasteiger partial charge in [0.25, 0.3) is 0 Å². The highest BCUT2D eigenvalue weighted by molar-refractivity contribution is 6.39. The van der Waals surface area contributed by atoms with Crippen LogP contribution < -0.4 is 20.2 Å². The maximum Gasteiger partial charge on any atom is 0.329 e. The van der Waals surface area contributed by atoms with Crippen LogP contribution in [0.2, 0.25) is 5.02 Å².